The molecule has 138 valence electrons. The van der Waals surface area contributed by atoms with E-state index in [0.717, 1.165) is 28.1 Å². The molecule has 3 aromatic rings. The van der Waals surface area contributed by atoms with Crippen molar-refractivity contribution < 1.29 is 14.6 Å². The van der Waals surface area contributed by atoms with Gasteiger partial charge in [-0.2, -0.15) is 0 Å². The number of aryl methyl sites for hydroxylation is 1. The quantitative estimate of drug-likeness (QED) is 0.608. The van der Waals surface area contributed by atoms with E-state index in [4.69, 9.17) is 4.74 Å². The molecular weight excluding hydrogens is 338 g/mol. The van der Waals surface area contributed by atoms with Crippen LogP contribution in [0, 0.1) is 13.8 Å². The normalized spacial score (nSPS) is 10.4. The van der Waals surface area contributed by atoms with Crippen molar-refractivity contribution in [2.75, 3.05) is 5.32 Å². The van der Waals surface area contributed by atoms with E-state index in [-0.39, 0.29) is 0 Å². The third-order valence-electron chi connectivity index (χ3n) is 4.46. The first kappa shape index (κ1) is 18.5. The number of nitrogens with one attached hydrogen (secondary N) is 1. The second-order valence-electron chi connectivity index (χ2n) is 6.56. The molecular formula is C23H23NO3. The Balaban J connectivity index is 1.58. The van der Waals surface area contributed by atoms with Crippen molar-refractivity contribution in [2.24, 2.45) is 0 Å². The molecule has 0 atom stereocenters. The fraction of sp³-hybridized carbons (Fsp3) is 0.174. The van der Waals surface area contributed by atoms with Gasteiger partial charge < -0.3 is 15.2 Å². The summed E-state index contributed by atoms with van der Waals surface area (Å²) in [6.45, 7) is 5.04. The van der Waals surface area contributed by atoms with Crippen LogP contribution in [0.5, 0.6) is 5.75 Å². The number of aromatic carboxylic acids is 1. The van der Waals surface area contributed by atoms with E-state index in [1.165, 1.54) is 5.56 Å². The summed E-state index contributed by atoms with van der Waals surface area (Å²) < 4.78 is 5.84. The van der Waals surface area contributed by atoms with Gasteiger partial charge in [-0.1, -0.05) is 48.0 Å². The molecule has 0 heterocycles. The smallest absolute Gasteiger partial charge is 0.336 e. The van der Waals surface area contributed by atoms with Gasteiger partial charge in [-0.25, -0.2) is 4.79 Å². The molecule has 0 radical (unpaired) electrons. The van der Waals surface area contributed by atoms with Crippen molar-refractivity contribution in [1.82, 2.24) is 0 Å². The number of ether oxygens (including phenoxy) is 1. The number of hydrogen-bond donors (Lipinski definition) is 2. The minimum atomic E-state index is -0.911. The zero-order valence-corrected chi connectivity index (χ0v) is 15.5. The minimum absolute atomic E-state index is 0.319. The van der Waals surface area contributed by atoms with Gasteiger partial charge in [0.15, 0.2) is 0 Å². The number of rotatable bonds is 7. The number of carboxylic acid groups (broad SMARTS) is 1. The third-order valence-corrected chi connectivity index (χ3v) is 4.46. The average molecular weight is 361 g/mol. The lowest BCUT2D eigenvalue weighted by atomic mass is 10.1. The third kappa shape index (κ3) is 4.88. The van der Waals surface area contributed by atoms with E-state index >= 15 is 0 Å². The van der Waals surface area contributed by atoms with Gasteiger partial charge in [0, 0.05) is 12.2 Å². The predicted octanol–water partition coefficient (Wildman–Crippen LogP) is 5.19. The molecule has 3 aromatic carbocycles. The van der Waals surface area contributed by atoms with Crippen molar-refractivity contribution in [3.63, 3.8) is 0 Å². The molecule has 0 aromatic heterocycles. The van der Waals surface area contributed by atoms with Crippen LogP contribution in [0.4, 0.5) is 5.69 Å². The SMILES string of the molecule is Cc1cccc(COc2ccc(CNc3cccc(C(=O)O)c3C)cc2)c1. The molecule has 0 amide bonds. The number of benzene rings is 3. The van der Waals surface area contributed by atoms with E-state index in [1.807, 2.05) is 43.3 Å². The van der Waals surface area contributed by atoms with Gasteiger partial charge in [-0.15, -0.1) is 0 Å². The molecule has 0 aliphatic rings. The monoisotopic (exact) mass is 361 g/mol. The molecule has 0 fully saturated rings. The highest BCUT2D eigenvalue weighted by Crippen LogP contribution is 2.21. The topological polar surface area (TPSA) is 58.6 Å². The summed E-state index contributed by atoms with van der Waals surface area (Å²) in [5.74, 6) is -0.0874. The lowest BCUT2D eigenvalue weighted by molar-refractivity contribution is 0.0696. The number of carbonyl (C=O) groups is 1. The number of anilines is 1. The van der Waals surface area contributed by atoms with Gasteiger partial charge in [-0.05, 0) is 54.8 Å². The summed E-state index contributed by atoms with van der Waals surface area (Å²) in [6.07, 6.45) is 0. The summed E-state index contributed by atoms with van der Waals surface area (Å²) in [4.78, 5) is 11.2. The highest BCUT2D eigenvalue weighted by Gasteiger charge is 2.09. The standard InChI is InChI=1S/C23H23NO3/c1-16-5-3-6-19(13-16)15-27-20-11-9-18(10-12-20)14-24-22-8-4-7-21(17(22)2)23(25)26/h3-13,24H,14-15H2,1-2H3,(H,25,26). The Morgan fingerprint density at radius 2 is 1.70 bits per heavy atom. The van der Waals surface area contributed by atoms with Crippen LogP contribution in [-0.2, 0) is 13.2 Å². The fourth-order valence-corrected chi connectivity index (χ4v) is 2.93. The van der Waals surface area contributed by atoms with Crippen molar-refractivity contribution >= 4 is 11.7 Å². The fourth-order valence-electron chi connectivity index (χ4n) is 2.93. The van der Waals surface area contributed by atoms with E-state index in [0.29, 0.717) is 18.7 Å². The van der Waals surface area contributed by atoms with Crippen LogP contribution >= 0.6 is 0 Å². The second-order valence-corrected chi connectivity index (χ2v) is 6.56. The maximum atomic E-state index is 11.2. The molecule has 0 aliphatic heterocycles. The maximum absolute atomic E-state index is 11.2. The first-order chi connectivity index (χ1) is 13.0. The van der Waals surface area contributed by atoms with E-state index in [2.05, 4.69) is 30.4 Å². The molecule has 4 nitrogen and oxygen atoms in total. The van der Waals surface area contributed by atoms with Gasteiger partial charge in [-0.3, -0.25) is 0 Å². The highest BCUT2D eigenvalue weighted by molar-refractivity contribution is 5.91. The first-order valence-corrected chi connectivity index (χ1v) is 8.87. The van der Waals surface area contributed by atoms with E-state index in [1.54, 1.807) is 12.1 Å². The molecule has 2 N–H and O–H groups in total. The Kier molecular flexibility index (Phi) is 5.77. The summed E-state index contributed by atoms with van der Waals surface area (Å²) in [5.41, 5.74) is 5.35. The van der Waals surface area contributed by atoms with Gasteiger partial charge in [0.25, 0.3) is 0 Å². The lowest BCUT2D eigenvalue weighted by Crippen LogP contribution is -2.05. The van der Waals surface area contributed by atoms with E-state index in [9.17, 15) is 9.90 Å². The minimum Gasteiger partial charge on any atom is -0.489 e. The van der Waals surface area contributed by atoms with Gasteiger partial charge in [0.2, 0.25) is 0 Å². The molecule has 0 saturated carbocycles. The zero-order chi connectivity index (χ0) is 19.2. The van der Waals surface area contributed by atoms with Crippen LogP contribution in [-0.4, -0.2) is 11.1 Å². The molecule has 0 aliphatic carbocycles. The largest absolute Gasteiger partial charge is 0.489 e. The van der Waals surface area contributed by atoms with Gasteiger partial charge in [0.1, 0.15) is 12.4 Å². The van der Waals surface area contributed by atoms with Crippen LogP contribution < -0.4 is 10.1 Å². The molecule has 0 bridgehead atoms. The van der Waals surface area contributed by atoms with Crippen molar-refractivity contribution in [3.8, 4) is 5.75 Å². The Morgan fingerprint density at radius 1 is 0.963 bits per heavy atom. The van der Waals surface area contributed by atoms with Crippen LogP contribution in [0.3, 0.4) is 0 Å². The Labute approximate surface area is 159 Å². The Bertz CT molecular complexity index is 933. The van der Waals surface area contributed by atoms with Crippen molar-refractivity contribution in [3.05, 3.63) is 94.5 Å². The average Bonchev–Trinajstić information content (AvgIpc) is 2.66. The lowest BCUT2D eigenvalue weighted by Gasteiger charge is -2.12. The van der Waals surface area contributed by atoms with Crippen LogP contribution in [0.15, 0.2) is 66.7 Å². The van der Waals surface area contributed by atoms with Crippen molar-refractivity contribution in [1.29, 1.82) is 0 Å². The summed E-state index contributed by atoms with van der Waals surface area (Å²) >= 11 is 0. The Morgan fingerprint density at radius 3 is 2.41 bits per heavy atom. The predicted molar refractivity (Wildman–Crippen MR) is 107 cm³/mol. The molecule has 3 rings (SSSR count). The van der Waals surface area contributed by atoms with Crippen LogP contribution in [0.1, 0.15) is 32.6 Å². The van der Waals surface area contributed by atoms with Gasteiger partial charge in [0.05, 0.1) is 5.56 Å². The summed E-state index contributed by atoms with van der Waals surface area (Å²) in [6, 6.07) is 21.4. The van der Waals surface area contributed by atoms with Gasteiger partial charge >= 0.3 is 5.97 Å². The highest BCUT2D eigenvalue weighted by atomic mass is 16.5. The Hall–Kier alpha value is -3.27. The molecule has 0 unspecified atom stereocenters. The molecule has 0 spiro atoms. The molecule has 4 heteroatoms. The zero-order valence-electron chi connectivity index (χ0n) is 15.5. The summed E-state index contributed by atoms with van der Waals surface area (Å²) in [7, 11) is 0. The maximum Gasteiger partial charge on any atom is 0.336 e. The van der Waals surface area contributed by atoms with Crippen LogP contribution in [0.25, 0.3) is 0 Å². The number of carboxylic acids is 1. The molecule has 27 heavy (non-hydrogen) atoms. The number of hydrogen-bond acceptors (Lipinski definition) is 3. The molecule has 0 saturated heterocycles. The second kappa shape index (κ2) is 8.41. The first-order valence-electron chi connectivity index (χ1n) is 8.87. The van der Waals surface area contributed by atoms with E-state index < -0.39 is 5.97 Å². The summed E-state index contributed by atoms with van der Waals surface area (Å²) in [5, 5.41) is 12.5. The van der Waals surface area contributed by atoms with Crippen molar-refractivity contribution in [2.45, 2.75) is 27.0 Å². The van der Waals surface area contributed by atoms with Crippen LogP contribution in [0.2, 0.25) is 0 Å².